The molecule has 0 aromatic carbocycles. The number of hydrogen-bond acceptors (Lipinski definition) is 6. The summed E-state index contributed by atoms with van der Waals surface area (Å²) in [5, 5.41) is 0. The zero-order valence-corrected chi connectivity index (χ0v) is 35.8. The van der Waals surface area contributed by atoms with E-state index in [4.69, 9.17) is 14.2 Å². The summed E-state index contributed by atoms with van der Waals surface area (Å²) >= 11 is 0. The minimum atomic E-state index is -0.836. The molecule has 1 unspecified atom stereocenters. The first-order chi connectivity index (χ1) is 28.0. The van der Waals surface area contributed by atoms with Crippen LogP contribution < -0.4 is 0 Å². The zero-order valence-electron chi connectivity index (χ0n) is 35.8. The molecule has 1 atom stereocenters. The van der Waals surface area contributed by atoms with Crippen LogP contribution in [0.4, 0.5) is 0 Å². The maximum absolute atomic E-state index is 12.7. The van der Waals surface area contributed by atoms with Crippen molar-refractivity contribution in [2.45, 2.75) is 155 Å². The van der Waals surface area contributed by atoms with E-state index in [2.05, 4.69) is 118 Å². The third-order valence-corrected chi connectivity index (χ3v) is 8.23. The van der Waals surface area contributed by atoms with Gasteiger partial charge in [-0.05, 0) is 103 Å². The zero-order chi connectivity index (χ0) is 41.5. The van der Waals surface area contributed by atoms with E-state index in [9.17, 15) is 14.4 Å². The van der Waals surface area contributed by atoms with Crippen LogP contribution in [0.5, 0.6) is 0 Å². The van der Waals surface area contributed by atoms with Gasteiger partial charge in [-0.2, -0.15) is 0 Å². The molecule has 316 valence electrons. The molecular formula is C51H76O6. The smallest absolute Gasteiger partial charge is 0.306 e. The van der Waals surface area contributed by atoms with Crippen molar-refractivity contribution in [1.29, 1.82) is 0 Å². The van der Waals surface area contributed by atoms with Crippen molar-refractivity contribution in [3.8, 4) is 0 Å². The van der Waals surface area contributed by atoms with Crippen LogP contribution in [-0.2, 0) is 28.6 Å². The maximum atomic E-state index is 12.7. The Labute approximate surface area is 347 Å². The van der Waals surface area contributed by atoms with Gasteiger partial charge < -0.3 is 14.2 Å². The molecule has 0 spiro atoms. The lowest BCUT2D eigenvalue weighted by atomic mass is 10.1. The summed E-state index contributed by atoms with van der Waals surface area (Å²) < 4.78 is 16.5. The summed E-state index contributed by atoms with van der Waals surface area (Å²) in [6.45, 7) is 6.09. The van der Waals surface area contributed by atoms with Gasteiger partial charge in [-0.25, -0.2) is 0 Å². The van der Waals surface area contributed by atoms with E-state index in [0.717, 1.165) is 89.9 Å². The number of carbonyl (C=O) groups is 3. The number of unbranched alkanes of at least 4 members (excludes halogenated alkanes) is 6. The van der Waals surface area contributed by atoms with Crippen molar-refractivity contribution in [3.63, 3.8) is 0 Å². The second kappa shape index (κ2) is 44.3. The summed E-state index contributed by atoms with van der Waals surface area (Å²) in [6, 6.07) is 0. The van der Waals surface area contributed by atoms with Crippen molar-refractivity contribution in [1.82, 2.24) is 0 Å². The van der Waals surface area contributed by atoms with Gasteiger partial charge in [0.1, 0.15) is 13.2 Å². The molecule has 6 heteroatoms. The monoisotopic (exact) mass is 785 g/mol. The van der Waals surface area contributed by atoms with Crippen molar-refractivity contribution < 1.29 is 28.6 Å². The minimum absolute atomic E-state index is 0.135. The van der Waals surface area contributed by atoms with E-state index in [1.165, 1.54) is 0 Å². The standard InChI is InChI=1S/C51H76O6/c1-4-7-10-13-16-19-21-23-24-25-26-28-29-32-35-38-41-44-50(53)56-47-48(46-55-49(52)43-40-37-34-31-18-15-12-9-6-3)57-51(54)45-42-39-36-33-30-27-22-20-17-14-11-8-5-2/h7-12,14,16-20,22-24,26-28,30-32,35,48H,4-6,13,15,21,25,29,33-34,36-47H2,1-3H3/b10-7-,11-8-,12-9-,17-14-,19-16-,22-20-,24-23-,28-26-,30-27-,31-18-,35-32-. The molecule has 0 aliphatic heterocycles. The van der Waals surface area contributed by atoms with Crippen molar-refractivity contribution in [2.24, 2.45) is 0 Å². The van der Waals surface area contributed by atoms with Crippen LogP contribution >= 0.6 is 0 Å². The number of carbonyl (C=O) groups excluding carboxylic acids is 3. The largest absolute Gasteiger partial charge is 0.462 e. The first-order valence-corrected chi connectivity index (χ1v) is 21.7. The van der Waals surface area contributed by atoms with Gasteiger partial charge in [-0.1, -0.05) is 161 Å². The molecule has 0 aliphatic rings. The average molecular weight is 785 g/mol. The van der Waals surface area contributed by atoms with Gasteiger partial charge >= 0.3 is 17.9 Å². The van der Waals surface area contributed by atoms with Gasteiger partial charge in [-0.15, -0.1) is 0 Å². The number of esters is 3. The molecule has 0 aromatic rings. The Morgan fingerprint density at radius 1 is 0.368 bits per heavy atom. The summed E-state index contributed by atoms with van der Waals surface area (Å²) in [7, 11) is 0. The number of allylic oxidation sites excluding steroid dienone is 22. The van der Waals surface area contributed by atoms with Crippen LogP contribution in [0.15, 0.2) is 134 Å². The SMILES string of the molecule is CC\C=C/C=C\C=C/C=C\CCCCCC(=O)OC(COC(=O)CCC/C=C\C/C=C\C/C=C\C/C=C\C/C=C\CC)COC(=O)CCCC/C=C\C/C=C\CC. The molecule has 0 N–H and O–H groups in total. The van der Waals surface area contributed by atoms with Crippen LogP contribution in [0, 0.1) is 0 Å². The highest BCUT2D eigenvalue weighted by atomic mass is 16.6. The lowest BCUT2D eigenvalue weighted by molar-refractivity contribution is -0.167. The van der Waals surface area contributed by atoms with Crippen molar-refractivity contribution >= 4 is 17.9 Å². The van der Waals surface area contributed by atoms with Gasteiger partial charge in [0.15, 0.2) is 6.10 Å². The van der Waals surface area contributed by atoms with Gasteiger partial charge in [0, 0.05) is 19.3 Å². The quantitative estimate of drug-likeness (QED) is 0.0207. The molecule has 0 saturated carbocycles. The van der Waals surface area contributed by atoms with E-state index in [0.29, 0.717) is 19.3 Å². The second-order valence-electron chi connectivity index (χ2n) is 13.5. The Hall–Kier alpha value is -4.45. The second-order valence-corrected chi connectivity index (χ2v) is 13.5. The fraction of sp³-hybridized carbons (Fsp3) is 0.510. The van der Waals surface area contributed by atoms with E-state index in [-0.39, 0.29) is 50.4 Å². The van der Waals surface area contributed by atoms with E-state index < -0.39 is 6.10 Å². The molecule has 0 fully saturated rings. The molecule has 0 saturated heterocycles. The summed E-state index contributed by atoms with van der Waals surface area (Å²) in [5.74, 6) is -1.09. The molecule has 0 bridgehead atoms. The Bertz CT molecular complexity index is 1320. The summed E-state index contributed by atoms with van der Waals surface area (Å²) in [6.07, 6.45) is 61.7. The van der Waals surface area contributed by atoms with E-state index >= 15 is 0 Å². The van der Waals surface area contributed by atoms with Crippen LogP contribution in [0.2, 0.25) is 0 Å². The lowest BCUT2D eigenvalue weighted by Gasteiger charge is -2.18. The molecule has 57 heavy (non-hydrogen) atoms. The topological polar surface area (TPSA) is 78.9 Å². The van der Waals surface area contributed by atoms with Crippen LogP contribution in [0.1, 0.15) is 149 Å². The predicted octanol–water partition coefficient (Wildman–Crippen LogP) is 14.0. The van der Waals surface area contributed by atoms with E-state index in [1.54, 1.807) is 0 Å². The van der Waals surface area contributed by atoms with Gasteiger partial charge in [-0.3, -0.25) is 14.4 Å². The molecule has 0 heterocycles. The Balaban J connectivity index is 4.58. The van der Waals surface area contributed by atoms with Crippen LogP contribution in [0.3, 0.4) is 0 Å². The predicted molar refractivity (Wildman–Crippen MR) is 242 cm³/mol. The summed E-state index contributed by atoms with van der Waals surface area (Å²) in [5.41, 5.74) is 0. The Morgan fingerprint density at radius 2 is 0.737 bits per heavy atom. The first kappa shape index (κ1) is 52.6. The number of ether oxygens (including phenoxy) is 3. The Morgan fingerprint density at radius 3 is 1.26 bits per heavy atom. The highest BCUT2D eigenvalue weighted by Gasteiger charge is 2.19. The lowest BCUT2D eigenvalue weighted by Crippen LogP contribution is -2.30. The molecular weight excluding hydrogens is 709 g/mol. The van der Waals surface area contributed by atoms with Gasteiger partial charge in [0.2, 0.25) is 0 Å². The third-order valence-electron chi connectivity index (χ3n) is 8.23. The maximum Gasteiger partial charge on any atom is 0.306 e. The fourth-order valence-electron chi connectivity index (χ4n) is 5.05. The molecule has 0 aliphatic carbocycles. The normalized spacial score (nSPS) is 13.4. The van der Waals surface area contributed by atoms with E-state index in [1.807, 2.05) is 36.5 Å². The minimum Gasteiger partial charge on any atom is -0.462 e. The highest BCUT2D eigenvalue weighted by Crippen LogP contribution is 2.10. The summed E-state index contributed by atoms with van der Waals surface area (Å²) in [4.78, 5) is 37.6. The average Bonchev–Trinajstić information content (AvgIpc) is 3.21. The van der Waals surface area contributed by atoms with Crippen molar-refractivity contribution in [2.75, 3.05) is 13.2 Å². The molecule has 0 radical (unpaired) electrons. The van der Waals surface area contributed by atoms with Gasteiger partial charge in [0.05, 0.1) is 0 Å². The molecule has 0 aromatic heterocycles. The van der Waals surface area contributed by atoms with Gasteiger partial charge in [0.25, 0.3) is 0 Å². The molecule has 0 rings (SSSR count). The highest BCUT2D eigenvalue weighted by molar-refractivity contribution is 5.71. The third kappa shape index (κ3) is 42.5. The first-order valence-electron chi connectivity index (χ1n) is 21.7. The fourth-order valence-corrected chi connectivity index (χ4v) is 5.05. The van der Waals surface area contributed by atoms with Crippen LogP contribution in [-0.4, -0.2) is 37.2 Å². The molecule has 6 nitrogen and oxygen atoms in total. The number of hydrogen-bond donors (Lipinski definition) is 0. The van der Waals surface area contributed by atoms with Crippen molar-refractivity contribution in [3.05, 3.63) is 134 Å². The van der Waals surface area contributed by atoms with Crippen LogP contribution in [0.25, 0.3) is 0 Å². The number of rotatable bonds is 36. The molecule has 0 amide bonds. The Kier molecular flexibility index (Phi) is 40.8.